The van der Waals surface area contributed by atoms with E-state index in [-0.39, 0.29) is 0 Å². The molecular formula is C10H10S. The second kappa shape index (κ2) is 4.80. The van der Waals surface area contributed by atoms with Crippen molar-refractivity contribution in [2.24, 2.45) is 0 Å². The first-order valence-electron chi connectivity index (χ1n) is 3.41. The van der Waals surface area contributed by atoms with Crippen LogP contribution < -0.4 is 0 Å². The Balaban J connectivity index is 2.57. The SMILES string of the molecule is C=CS/C=C\c1ccccc1. The number of rotatable bonds is 3. The van der Waals surface area contributed by atoms with E-state index in [1.165, 1.54) is 5.56 Å². The average molecular weight is 162 g/mol. The van der Waals surface area contributed by atoms with E-state index >= 15 is 0 Å². The van der Waals surface area contributed by atoms with Gasteiger partial charge in [0.25, 0.3) is 0 Å². The molecule has 0 aliphatic rings. The van der Waals surface area contributed by atoms with Crippen LogP contribution in [0, 0.1) is 0 Å². The van der Waals surface area contributed by atoms with Gasteiger partial charge in [0, 0.05) is 0 Å². The van der Waals surface area contributed by atoms with Crippen LogP contribution in [0.15, 0.2) is 47.7 Å². The fourth-order valence-electron chi connectivity index (χ4n) is 0.738. The molecule has 0 heterocycles. The maximum atomic E-state index is 3.60. The van der Waals surface area contributed by atoms with Crippen LogP contribution in [0.3, 0.4) is 0 Å². The second-order valence-corrected chi connectivity index (χ2v) is 2.89. The first-order valence-corrected chi connectivity index (χ1v) is 4.36. The molecule has 0 aliphatic heterocycles. The molecule has 0 spiro atoms. The molecule has 0 N–H and O–H groups in total. The van der Waals surface area contributed by atoms with Crippen LogP contribution in [0.5, 0.6) is 0 Å². The van der Waals surface area contributed by atoms with Crippen molar-refractivity contribution in [1.29, 1.82) is 0 Å². The molecule has 0 fully saturated rings. The Morgan fingerprint density at radius 2 is 1.91 bits per heavy atom. The summed E-state index contributed by atoms with van der Waals surface area (Å²) in [7, 11) is 0. The molecule has 0 bridgehead atoms. The van der Waals surface area contributed by atoms with Gasteiger partial charge in [0.2, 0.25) is 0 Å². The largest absolute Gasteiger partial charge is 0.107 e. The van der Waals surface area contributed by atoms with Crippen LogP contribution in [0.25, 0.3) is 6.08 Å². The highest BCUT2D eigenvalue weighted by molar-refractivity contribution is 8.05. The van der Waals surface area contributed by atoms with Gasteiger partial charge >= 0.3 is 0 Å². The van der Waals surface area contributed by atoms with Crippen molar-refractivity contribution >= 4 is 17.8 Å². The molecule has 0 atom stereocenters. The van der Waals surface area contributed by atoms with E-state index in [4.69, 9.17) is 0 Å². The Kier molecular flexibility index (Phi) is 3.56. The fraction of sp³-hybridized carbons (Fsp3) is 0. The van der Waals surface area contributed by atoms with Gasteiger partial charge in [-0.05, 0) is 22.5 Å². The molecular weight excluding hydrogens is 152 g/mol. The summed E-state index contributed by atoms with van der Waals surface area (Å²) in [6, 6.07) is 10.2. The lowest BCUT2D eigenvalue weighted by Gasteiger charge is -1.88. The van der Waals surface area contributed by atoms with E-state index in [1.807, 2.05) is 23.6 Å². The molecule has 0 aromatic heterocycles. The van der Waals surface area contributed by atoms with E-state index in [2.05, 4.69) is 24.8 Å². The van der Waals surface area contributed by atoms with E-state index < -0.39 is 0 Å². The van der Waals surface area contributed by atoms with E-state index in [1.54, 1.807) is 17.2 Å². The first-order chi connectivity index (χ1) is 5.43. The van der Waals surface area contributed by atoms with Gasteiger partial charge in [-0.15, -0.1) is 11.8 Å². The van der Waals surface area contributed by atoms with Crippen LogP contribution in [-0.2, 0) is 0 Å². The summed E-state index contributed by atoms with van der Waals surface area (Å²) in [6.07, 6.45) is 2.06. The van der Waals surface area contributed by atoms with E-state index in [0.29, 0.717) is 0 Å². The standard InChI is InChI=1S/C10H10S/c1-2-11-9-8-10-6-4-3-5-7-10/h2-9H,1H2/b9-8-. The third-order valence-corrected chi connectivity index (χ3v) is 1.72. The van der Waals surface area contributed by atoms with Gasteiger partial charge in [0.1, 0.15) is 0 Å². The monoisotopic (exact) mass is 162 g/mol. The van der Waals surface area contributed by atoms with Crippen LogP contribution >= 0.6 is 11.8 Å². The van der Waals surface area contributed by atoms with E-state index in [9.17, 15) is 0 Å². The maximum absolute atomic E-state index is 3.60. The third kappa shape index (κ3) is 3.10. The highest BCUT2D eigenvalue weighted by atomic mass is 32.2. The van der Waals surface area contributed by atoms with Gasteiger partial charge in [0.15, 0.2) is 0 Å². The summed E-state index contributed by atoms with van der Waals surface area (Å²) < 4.78 is 0. The van der Waals surface area contributed by atoms with Crippen molar-refractivity contribution in [1.82, 2.24) is 0 Å². The molecule has 0 radical (unpaired) electrons. The number of hydrogen-bond acceptors (Lipinski definition) is 1. The zero-order valence-electron chi connectivity index (χ0n) is 6.23. The Labute approximate surface area is 71.6 Å². The minimum atomic E-state index is 1.22. The van der Waals surface area contributed by atoms with Gasteiger partial charge < -0.3 is 0 Å². The summed E-state index contributed by atoms with van der Waals surface area (Å²) in [5, 5.41) is 3.82. The molecule has 0 unspecified atom stereocenters. The first kappa shape index (κ1) is 8.15. The lowest BCUT2D eigenvalue weighted by Crippen LogP contribution is -1.65. The van der Waals surface area contributed by atoms with Crippen molar-refractivity contribution in [2.75, 3.05) is 0 Å². The molecule has 0 saturated heterocycles. The van der Waals surface area contributed by atoms with Crippen LogP contribution in [0.2, 0.25) is 0 Å². The highest BCUT2D eigenvalue weighted by Crippen LogP contribution is 2.07. The minimum absolute atomic E-state index is 1.22. The molecule has 1 rings (SSSR count). The zero-order valence-corrected chi connectivity index (χ0v) is 7.05. The number of benzene rings is 1. The summed E-state index contributed by atoms with van der Waals surface area (Å²) in [4.78, 5) is 0. The average Bonchev–Trinajstić information content (AvgIpc) is 2.07. The molecule has 1 aromatic rings. The van der Waals surface area contributed by atoms with Crippen LogP contribution in [0.1, 0.15) is 5.56 Å². The molecule has 11 heavy (non-hydrogen) atoms. The summed E-state index contributed by atoms with van der Waals surface area (Å²) in [6.45, 7) is 3.60. The molecule has 0 amide bonds. The summed E-state index contributed by atoms with van der Waals surface area (Å²) >= 11 is 1.59. The van der Waals surface area contributed by atoms with Gasteiger partial charge in [0.05, 0.1) is 0 Å². The molecule has 1 aromatic carbocycles. The van der Waals surface area contributed by atoms with Crippen molar-refractivity contribution < 1.29 is 0 Å². The quantitative estimate of drug-likeness (QED) is 0.655. The second-order valence-electron chi connectivity index (χ2n) is 2.02. The van der Waals surface area contributed by atoms with Gasteiger partial charge in [-0.2, -0.15) is 0 Å². The minimum Gasteiger partial charge on any atom is -0.107 e. The molecule has 56 valence electrons. The highest BCUT2D eigenvalue weighted by Gasteiger charge is 1.79. The smallest absolute Gasteiger partial charge is 0.0242 e. The van der Waals surface area contributed by atoms with Crippen LogP contribution in [-0.4, -0.2) is 0 Å². The predicted molar refractivity (Wildman–Crippen MR) is 53.3 cm³/mol. The summed E-state index contributed by atoms with van der Waals surface area (Å²) in [5.41, 5.74) is 1.22. The molecule has 0 aliphatic carbocycles. The fourth-order valence-corrected chi connectivity index (χ4v) is 1.08. The van der Waals surface area contributed by atoms with Crippen LogP contribution in [0.4, 0.5) is 0 Å². The molecule has 1 heteroatoms. The van der Waals surface area contributed by atoms with E-state index in [0.717, 1.165) is 0 Å². The molecule has 0 nitrogen and oxygen atoms in total. The van der Waals surface area contributed by atoms with Gasteiger partial charge in [-0.1, -0.05) is 36.9 Å². The van der Waals surface area contributed by atoms with Gasteiger partial charge in [-0.25, -0.2) is 0 Å². The maximum Gasteiger partial charge on any atom is -0.0242 e. The number of thioether (sulfide) groups is 1. The third-order valence-electron chi connectivity index (χ3n) is 1.23. The van der Waals surface area contributed by atoms with Crippen molar-refractivity contribution in [3.63, 3.8) is 0 Å². The Morgan fingerprint density at radius 1 is 1.18 bits per heavy atom. The van der Waals surface area contributed by atoms with Crippen molar-refractivity contribution in [3.05, 3.63) is 53.3 Å². The van der Waals surface area contributed by atoms with Crippen molar-refractivity contribution in [2.45, 2.75) is 0 Å². The summed E-state index contributed by atoms with van der Waals surface area (Å²) in [5.74, 6) is 0. The predicted octanol–water partition coefficient (Wildman–Crippen LogP) is 3.53. The molecule has 0 saturated carbocycles. The lowest BCUT2D eigenvalue weighted by atomic mass is 10.2. The number of hydrogen-bond donors (Lipinski definition) is 0. The van der Waals surface area contributed by atoms with Gasteiger partial charge in [-0.3, -0.25) is 0 Å². The Hall–Kier alpha value is -0.950. The van der Waals surface area contributed by atoms with Crippen molar-refractivity contribution in [3.8, 4) is 0 Å². The topological polar surface area (TPSA) is 0 Å². The lowest BCUT2D eigenvalue weighted by molar-refractivity contribution is 1.67. The Bertz CT molecular complexity index is 236. The zero-order chi connectivity index (χ0) is 7.94. The normalized spacial score (nSPS) is 10.2. The Morgan fingerprint density at radius 3 is 2.55 bits per heavy atom.